The first-order valence-electron chi connectivity index (χ1n) is 5.86. The zero-order chi connectivity index (χ0) is 13.0. The SMILES string of the molecule is Cc1ccccc1-c1ccc(C(=O)NCCN)o1. The molecular formula is C14H16N2O2. The van der Waals surface area contributed by atoms with E-state index in [9.17, 15) is 4.79 Å². The lowest BCUT2D eigenvalue weighted by molar-refractivity contribution is 0.0928. The monoisotopic (exact) mass is 244 g/mol. The van der Waals surface area contributed by atoms with Gasteiger partial charge in [0, 0.05) is 18.7 Å². The van der Waals surface area contributed by atoms with Gasteiger partial charge in [-0.25, -0.2) is 0 Å². The molecule has 4 heteroatoms. The number of hydrogen-bond donors (Lipinski definition) is 2. The topological polar surface area (TPSA) is 68.3 Å². The third-order valence-electron chi connectivity index (χ3n) is 2.67. The van der Waals surface area contributed by atoms with Crippen molar-refractivity contribution in [2.45, 2.75) is 6.92 Å². The summed E-state index contributed by atoms with van der Waals surface area (Å²) in [6.07, 6.45) is 0. The molecule has 1 heterocycles. The van der Waals surface area contributed by atoms with E-state index >= 15 is 0 Å². The van der Waals surface area contributed by atoms with Crippen molar-refractivity contribution in [2.75, 3.05) is 13.1 Å². The van der Waals surface area contributed by atoms with Crippen LogP contribution in [0.3, 0.4) is 0 Å². The molecule has 1 amide bonds. The molecule has 0 fully saturated rings. The minimum absolute atomic E-state index is 0.236. The van der Waals surface area contributed by atoms with Crippen LogP contribution in [0.2, 0.25) is 0 Å². The van der Waals surface area contributed by atoms with Gasteiger partial charge < -0.3 is 15.5 Å². The van der Waals surface area contributed by atoms with Gasteiger partial charge in [0.2, 0.25) is 0 Å². The highest BCUT2D eigenvalue weighted by molar-refractivity contribution is 5.92. The molecule has 1 aromatic carbocycles. The van der Waals surface area contributed by atoms with Crippen molar-refractivity contribution in [2.24, 2.45) is 5.73 Å². The van der Waals surface area contributed by atoms with Crippen LogP contribution in [0.1, 0.15) is 16.1 Å². The molecule has 18 heavy (non-hydrogen) atoms. The van der Waals surface area contributed by atoms with Crippen molar-refractivity contribution in [3.8, 4) is 11.3 Å². The van der Waals surface area contributed by atoms with E-state index in [0.29, 0.717) is 24.6 Å². The lowest BCUT2D eigenvalue weighted by Gasteiger charge is -2.02. The number of hydrogen-bond acceptors (Lipinski definition) is 3. The van der Waals surface area contributed by atoms with Crippen LogP contribution in [0.5, 0.6) is 0 Å². The number of amides is 1. The minimum atomic E-state index is -0.236. The maximum atomic E-state index is 11.7. The van der Waals surface area contributed by atoms with E-state index in [0.717, 1.165) is 11.1 Å². The van der Waals surface area contributed by atoms with E-state index in [1.54, 1.807) is 12.1 Å². The Balaban J connectivity index is 2.21. The fourth-order valence-electron chi connectivity index (χ4n) is 1.73. The van der Waals surface area contributed by atoms with Crippen molar-refractivity contribution in [3.05, 3.63) is 47.7 Å². The number of carbonyl (C=O) groups is 1. The molecule has 94 valence electrons. The number of benzene rings is 1. The Labute approximate surface area is 106 Å². The number of nitrogens with two attached hydrogens (primary N) is 1. The second kappa shape index (κ2) is 5.51. The van der Waals surface area contributed by atoms with E-state index in [-0.39, 0.29) is 5.91 Å². The van der Waals surface area contributed by atoms with Crippen molar-refractivity contribution in [1.82, 2.24) is 5.32 Å². The zero-order valence-electron chi connectivity index (χ0n) is 10.3. The molecule has 0 saturated carbocycles. The molecule has 1 aromatic heterocycles. The summed E-state index contributed by atoms with van der Waals surface area (Å²) in [6, 6.07) is 11.4. The number of rotatable bonds is 4. The molecule has 0 aliphatic heterocycles. The molecule has 0 bridgehead atoms. The van der Waals surface area contributed by atoms with Gasteiger partial charge in [-0.2, -0.15) is 0 Å². The van der Waals surface area contributed by atoms with E-state index < -0.39 is 0 Å². The molecule has 3 N–H and O–H groups in total. The fraction of sp³-hybridized carbons (Fsp3) is 0.214. The quantitative estimate of drug-likeness (QED) is 0.863. The molecule has 0 unspecified atom stereocenters. The number of carbonyl (C=O) groups excluding carboxylic acids is 1. The van der Waals surface area contributed by atoms with Gasteiger partial charge in [0.05, 0.1) is 0 Å². The zero-order valence-corrected chi connectivity index (χ0v) is 10.3. The van der Waals surface area contributed by atoms with Gasteiger partial charge in [0.15, 0.2) is 5.76 Å². The first-order chi connectivity index (χ1) is 8.72. The van der Waals surface area contributed by atoms with E-state index in [4.69, 9.17) is 10.2 Å². The Kier molecular flexibility index (Phi) is 3.79. The van der Waals surface area contributed by atoms with E-state index in [2.05, 4.69) is 5.32 Å². The average molecular weight is 244 g/mol. The highest BCUT2D eigenvalue weighted by Crippen LogP contribution is 2.25. The van der Waals surface area contributed by atoms with Crippen molar-refractivity contribution >= 4 is 5.91 Å². The third kappa shape index (κ3) is 2.60. The van der Waals surface area contributed by atoms with Crippen LogP contribution in [0.4, 0.5) is 0 Å². The van der Waals surface area contributed by atoms with Crippen LogP contribution in [0.15, 0.2) is 40.8 Å². The summed E-state index contributed by atoms with van der Waals surface area (Å²) in [4.78, 5) is 11.7. The third-order valence-corrected chi connectivity index (χ3v) is 2.67. The molecule has 0 aliphatic rings. The summed E-state index contributed by atoms with van der Waals surface area (Å²) in [7, 11) is 0. The predicted molar refractivity (Wildman–Crippen MR) is 70.3 cm³/mol. The summed E-state index contributed by atoms with van der Waals surface area (Å²) in [5.41, 5.74) is 7.43. The van der Waals surface area contributed by atoms with E-state index in [1.165, 1.54) is 0 Å². The number of aryl methyl sites for hydroxylation is 1. The van der Waals surface area contributed by atoms with Crippen molar-refractivity contribution < 1.29 is 9.21 Å². The molecule has 0 atom stereocenters. The molecule has 0 saturated heterocycles. The predicted octanol–water partition coefficient (Wildman–Crippen LogP) is 1.94. The van der Waals surface area contributed by atoms with Gasteiger partial charge in [-0.15, -0.1) is 0 Å². The summed E-state index contributed by atoms with van der Waals surface area (Å²) < 4.78 is 5.56. The smallest absolute Gasteiger partial charge is 0.287 e. The van der Waals surface area contributed by atoms with Gasteiger partial charge in [-0.05, 0) is 24.6 Å². The fourth-order valence-corrected chi connectivity index (χ4v) is 1.73. The lowest BCUT2D eigenvalue weighted by Crippen LogP contribution is -2.28. The maximum absolute atomic E-state index is 11.7. The molecule has 2 rings (SSSR count). The summed E-state index contributed by atoms with van der Waals surface area (Å²) >= 11 is 0. The first kappa shape index (κ1) is 12.4. The second-order valence-electron chi connectivity index (χ2n) is 4.02. The normalized spacial score (nSPS) is 10.3. The first-order valence-corrected chi connectivity index (χ1v) is 5.86. The Morgan fingerprint density at radius 1 is 1.28 bits per heavy atom. The van der Waals surface area contributed by atoms with Crippen LogP contribution in [-0.4, -0.2) is 19.0 Å². The van der Waals surface area contributed by atoms with Gasteiger partial charge >= 0.3 is 0 Å². The number of furan rings is 1. The Morgan fingerprint density at radius 2 is 2.06 bits per heavy atom. The highest BCUT2D eigenvalue weighted by atomic mass is 16.3. The van der Waals surface area contributed by atoms with Gasteiger partial charge in [0.1, 0.15) is 5.76 Å². The van der Waals surface area contributed by atoms with Crippen LogP contribution in [-0.2, 0) is 0 Å². The van der Waals surface area contributed by atoms with Gasteiger partial charge in [0.25, 0.3) is 5.91 Å². The molecule has 0 radical (unpaired) electrons. The molecular weight excluding hydrogens is 228 g/mol. The summed E-state index contributed by atoms with van der Waals surface area (Å²) in [6.45, 7) is 2.86. The average Bonchev–Trinajstić information content (AvgIpc) is 2.86. The Morgan fingerprint density at radius 3 is 2.78 bits per heavy atom. The van der Waals surface area contributed by atoms with Crippen molar-refractivity contribution in [3.63, 3.8) is 0 Å². The standard InChI is InChI=1S/C14H16N2O2/c1-10-4-2-3-5-11(10)12-6-7-13(18-12)14(17)16-9-8-15/h2-7H,8-9,15H2,1H3,(H,16,17). The summed E-state index contributed by atoms with van der Waals surface area (Å²) in [5, 5.41) is 2.67. The van der Waals surface area contributed by atoms with Crippen LogP contribution in [0, 0.1) is 6.92 Å². The van der Waals surface area contributed by atoms with Gasteiger partial charge in [-0.1, -0.05) is 24.3 Å². The Bertz CT molecular complexity index is 546. The highest BCUT2D eigenvalue weighted by Gasteiger charge is 2.12. The number of nitrogens with one attached hydrogen (secondary N) is 1. The molecule has 2 aromatic rings. The van der Waals surface area contributed by atoms with Crippen LogP contribution in [0.25, 0.3) is 11.3 Å². The maximum Gasteiger partial charge on any atom is 0.287 e. The van der Waals surface area contributed by atoms with Crippen LogP contribution >= 0.6 is 0 Å². The second-order valence-corrected chi connectivity index (χ2v) is 4.02. The van der Waals surface area contributed by atoms with E-state index in [1.807, 2.05) is 31.2 Å². The molecule has 0 aliphatic carbocycles. The van der Waals surface area contributed by atoms with Crippen molar-refractivity contribution in [1.29, 1.82) is 0 Å². The largest absolute Gasteiger partial charge is 0.451 e. The van der Waals surface area contributed by atoms with Gasteiger partial charge in [-0.3, -0.25) is 4.79 Å². The Hall–Kier alpha value is -2.07. The summed E-state index contributed by atoms with van der Waals surface area (Å²) in [5.74, 6) is 0.771. The lowest BCUT2D eigenvalue weighted by atomic mass is 10.1. The minimum Gasteiger partial charge on any atom is -0.451 e. The van der Waals surface area contributed by atoms with Crippen LogP contribution < -0.4 is 11.1 Å². The molecule has 4 nitrogen and oxygen atoms in total. The molecule has 0 spiro atoms.